The van der Waals surface area contributed by atoms with Gasteiger partial charge in [0.25, 0.3) is 0 Å². The van der Waals surface area contributed by atoms with Crippen molar-refractivity contribution >= 4 is 20.5 Å². The molecule has 1 aliphatic rings. The molecule has 0 bridgehead atoms. The number of hydrogen-bond acceptors (Lipinski definition) is 4. The molecule has 0 amide bonds. The first-order valence-corrected chi connectivity index (χ1v) is 20.0. The number of H-pyrrole nitrogens is 1. The number of aromatic amines is 1. The monoisotopic (exact) mass is 626 g/mol. The standard InChI is InChI=1S/C18H36N2OSi.C12H22N2.C4H8O.ClH/c1-13(2)16-17(14(3)4)19-20(18(16)15(5)6)12-21-10-11-22(7,8)9;1-7(2)10-11(8(3)4)13-14-12(10)9(5)6;1-2-4-5-3-1;/h13-15H,10-12H2,1-9H3;7-9H,1-6H3,(H,13,14);1-4H2;1H. The fraction of sp³-hybridized carbons (Fsp3) is 0.824. The Morgan fingerprint density at radius 1 is 0.738 bits per heavy atom. The normalized spacial score (nSPS) is 13.6. The van der Waals surface area contributed by atoms with Crippen LogP contribution < -0.4 is 0 Å². The van der Waals surface area contributed by atoms with Gasteiger partial charge in [0.15, 0.2) is 0 Å². The van der Waals surface area contributed by atoms with Crippen LogP contribution in [-0.2, 0) is 16.2 Å². The lowest BCUT2D eigenvalue weighted by molar-refractivity contribution is 0.0755. The molecule has 8 heteroatoms. The number of nitrogens with zero attached hydrogens (tertiary/aromatic N) is 3. The van der Waals surface area contributed by atoms with Crippen LogP contribution in [0.5, 0.6) is 0 Å². The molecule has 3 heterocycles. The van der Waals surface area contributed by atoms with E-state index < -0.39 is 8.07 Å². The van der Waals surface area contributed by atoms with Crippen LogP contribution in [0.4, 0.5) is 0 Å². The van der Waals surface area contributed by atoms with Crippen LogP contribution >= 0.6 is 12.4 Å². The van der Waals surface area contributed by atoms with E-state index in [-0.39, 0.29) is 12.4 Å². The van der Waals surface area contributed by atoms with Gasteiger partial charge in [-0.3, -0.25) is 5.10 Å². The van der Waals surface area contributed by atoms with E-state index in [9.17, 15) is 0 Å². The van der Waals surface area contributed by atoms with E-state index in [1.807, 2.05) is 0 Å². The number of halogens is 1. The van der Waals surface area contributed by atoms with Crippen molar-refractivity contribution < 1.29 is 9.47 Å². The van der Waals surface area contributed by atoms with Gasteiger partial charge < -0.3 is 9.47 Å². The number of rotatable bonds is 11. The Bertz CT molecular complexity index is 967. The van der Waals surface area contributed by atoms with Crippen LogP contribution in [0.1, 0.15) is 165 Å². The first-order chi connectivity index (χ1) is 19.0. The summed E-state index contributed by atoms with van der Waals surface area (Å²) < 4.78 is 13.0. The van der Waals surface area contributed by atoms with E-state index in [2.05, 4.69) is 118 Å². The highest BCUT2D eigenvalue weighted by atomic mass is 35.5. The Labute approximate surface area is 266 Å². The van der Waals surface area contributed by atoms with Gasteiger partial charge in [0, 0.05) is 39.3 Å². The molecule has 246 valence electrons. The second-order valence-corrected chi connectivity index (χ2v) is 20.3. The van der Waals surface area contributed by atoms with Crippen LogP contribution in [0.3, 0.4) is 0 Å². The minimum absolute atomic E-state index is 0. The third-order valence-corrected chi connectivity index (χ3v) is 9.04. The summed E-state index contributed by atoms with van der Waals surface area (Å²) in [4.78, 5) is 0. The average molecular weight is 627 g/mol. The zero-order valence-corrected chi connectivity index (χ0v) is 31.8. The van der Waals surface area contributed by atoms with Gasteiger partial charge >= 0.3 is 0 Å². The van der Waals surface area contributed by atoms with Gasteiger partial charge in [-0.05, 0) is 65.5 Å². The van der Waals surface area contributed by atoms with Gasteiger partial charge in [0.1, 0.15) is 6.73 Å². The summed E-state index contributed by atoms with van der Waals surface area (Å²) in [6.07, 6.45) is 2.56. The third-order valence-electron chi connectivity index (χ3n) is 7.33. The molecular weight excluding hydrogens is 560 g/mol. The third kappa shape index (κ3) is 13.2. The number of hydrogen-bond donors (Lipinski definition) is 1. The summed E-state index contributed by atoms with van der Waals surface area (Å²) in [5, 5.41) is 12.5. The Morgan fingerprint density at radius 3 is 1.62 bits per heavy atom. The molecule has 1 N–H and O–H groups in total. The summed E-state index contributed by atoms with van der Waals surface area (Å²) in [7, 11) is -1.03. The van der Waals surface area contributed by atoms with Crippen molar-refractivity contribution in [1.29, 1.82) is 0 Å². The van der Waals surface area contributed by atoms with Gasteiger partial charge in [0.05, 0.1) is 11.4 Å². The molecule has 0 saturated carbocycles. The lowest BCUT2D eigenvalue weighted by Crippen LogP contribution is -2.22. The topological polar surface area (TPSA) is 65.0 Å². The number of ether oxygens (including phenoxy) is 2. The SMILES string of the molecule is C1CCOC1.CC(C)c1n[nH]c(C(C)C)c1C(C)C.CC(C)c1nn(COCC[Si](C)(C)C)c(C(C)C)c1C(C)C.Cl. The molecule has 3 rings (SSSR count). The Balaban J connectivity index is 0.000000711. The van der Waals surface area contributed by atoms with E-state index in [4.69, 9.17) is 14.6 Å². The first kappa shape index (κ1) is 40.8. The van der Waals surface area contributed by atoms with E-state index in [1.54, 1.807) is 0 Å². The predicted octanol–water partition coefficient (Wildman–Crippen LogP) is 10.6. The molecule has 0 spiro atoms. The first-order valence-electron chi connectivity index (χ1n) is 16.3. The van der Waals surface area contributed by atoms with E-state index in [1.165, 1.54) is 52.8 Å². The van der Waals surface area contributed by atoms with Crippen LogP contribution in [0.15, 0.2) is 0 Å². The molecule has 1 saturated heterocycles. The maximum absolute atomic E-state index is 5.95. The van der Waals surface area contributed by atoms with Crippen LogP contribution in [0, 0.1) is 0 Å². The zero-order valence-electron chi connectivity index (χ0n) is 30.0. The Morgan fingerprint density at radius 2 is 1.26 bits per heavy atom. The number of aromatic nitrogens is 4. The van der Waals surface area contributed by atoms with Crippen LogP contribution in [-0.4, -0.2) is 47.9 Å². The van der Waals surface area contributed by atoms with Crippen LogP contribution in [0.2, 0.25) is 25.7 Å². The zero-order chi connectivity index (χ0) is 31.5. The minimum atomic E-state index is -1.03. The highest BCUT2D eigenvalue weighted by Crippen LogP contribution is 2.33. The van der Waals surface area contributed by atoms with Crippen molar-refractivity contribution in [2.75, 3.05) is 19.8 Å². The summed E-state index contributed by atoms with van der Waals surface area (Å²) in [6.45, 7) is 37.4. The molecule has 0 unspecified atom stereocenters. The van der Waals surface area contributed by atoms with Crippen molar-refractivity contribution in [2.45, 2.75) is 164 Å². The largest absolute Gasteiger partial charge is 0.381 e. The van der Waals surface area contributed by atoms with Crippen molar-refractivity contribution in [1.82, 2.24) is 20.0 Å². The minimum Gasteiger partial charge on any atom is -0.381 e. The van der Waals surface area contributed by atoms with Crippen molar-refractivity contribution in [3.8, 4) is 0 Å². The molecular formula is C34H67ClN4O2Si. The summed E-state index contributed by atoms with van der Waals surface area (Å²) in [5.41, 5.74) is 8.00. The molecule has 0 radical (unpaired) electrons. The van der Waals surface area contributed by atoms with Gasteiger partial charge in [-0.25, -0.2) is 4.68 Å². The molecule has 6 nitrogen and oxygen atoms in total. The predicted molar refractivity (Wildman–Crippen MR) is 187 cm³/mol. The van der Waals surface area contributed by atoms with Crippen molar-refractivity contribution in [3.05, 3.63) is 33.9 Å². The molecule has 0 atom stereocenters. The summed E-state index contributed by atoms with van der Waals surface area (Å²) >= 11 is 0. The second-order valence-electron chi connectivity index (χ2n) is 14.7. The fourth-order valence-electron chi connectivity index (χ4n) is 5.14. The van der Waals surface area contributed by atoms with Crippen LogP contribution in [0.25, 0.3) is 0 Å². The van der Waals surface area contributed by atoms with Gasteiger partial charge in [0.2, 0.25) is 0 Å². The Hall–Kier alpha value is -1.15. The Kier molecular flexibility index (Phi) is 18.8. The van der Waals surface area contributed by atoms with Gasteiger partial charge in [-0.2, -0.15) is 10.2 Å². The molecule has 2 aromatic rings. The lowest BCUT2D eigenvalue weighted by atomic mass is 9.91. The fourth-order valence-corrected chi connectivity index (χ4v) is 5.90. The summed E-state index contributed by atoms with van der Waals surface area (Å²) in [5.74, 6) is 3.04. The van der Waals surface area contributed by atoms with E-state index >= 15 is 0 Å². The molecule has 1 aliphatic heterocycles. The smallest absolute Gasteiger partial charge is 0.139 e. The highest BCUT2D eigenvalue weighted by Gasteiger charge is 2.24. The lowest BCUT2D eigenvalue weighted by Gasteiger charge is -2.17. The van der Waals surface area contributed by atoms with Crippen molar-refractivity contribution in [3.63, 3.8) is 0 Å². The number of nitrogens with one attached hydrogen (secondary N) is 1. The van der Waals surface area contributed by atoms with E-state index in [0.29, 0.717) is 42.2 Å². The quantitative estimate of drug-likeness (QED) is 0.199. The van der Waals surface area contributed by atoms with Gasteiger partial charge in [-0.1, -0.05) is 103 Å². The molecule has 0 aliphatic carbocycles. The van der Waals surface area contributed by atoms with Crippen molar-refractivity contribution in [2.24, 2.45) is 0 Å². The maximum Gasteiger partial charge on any atom is 0.139 e. The average Bonchev–Trinajstić information content (AvgIpc) is 3.61. The molecule has 2 aromatic heterocycles. The highest BCUT2D eigenvalue weighted by molar-refractivity contribution is 6.76. The second kappa shape index (κ2) is 19.3. The van der Waals surface area contributed by atoms with E-state index in [0.717, 1.165) is 19.8 Å². The van der Waals surface area contributed by atoms with Gasteiger partial charge in [-0.15, -0.1) is 12.4 Å². The maximum atomic E-state index is 5.95. The summed E-state index contributed by atoms with van der Waals surface area (Å²) in [6, 6.07) is 1.21. The molecule has 0 aromatic carbocycles. The molecule has 1 fully saturated rings. The molecule has 42 heavy (non-hydrogen) atoms.